The fourth-order valence-corrected chi connectivity index (χ4v) is 5.08. The van der Waals surface area contributed by atoms with E-state index in [1.807, 2.05) is 19.9 Å². The fraction of sp³-hybridized carbons (Fsp3) is 0.321. The highest BCUT2D eigenvalue weighted by Gasteiger charge is 2.59. The lowest BCUT2D eigenvalue weighted by Crippen LogP contribution is -2.34. The molecule has 2 unspecified atom stereocenters. The van der Waals surface area contributed by atoms with Crippen LogP contribution in [0.25, 0.3) is 17.2 Å². The number of carbonyl (C=O) groups is 1. The van der Waals surface area contributed by atoms with Gasteiger partial charge in [0.15, 0.2) is 5.69 Å². The summed E-state index contributed by atoms with van der Waals surface area (Å²) in [6, 6.07) is 11.0. The second-order valence-electron chi connectivity index (χ2n) is 10.8. The Bertz CT molecular complexity index is 1590. The third-order valence-electron chi connectivity index (χ3n) is 7.32. The standard InChI is InChI=1S/C28H25F4N7O2/c1-27(2,33)16-10-21(15-4-6-17(29)7-5-15)36-22(11-16)41-23-18-12-38(13-19(18)23)25(40)20-14-39(26-34-8-3-9-35-26)37-24(20)28(30,31)32/h3-11,14,18-19,23H,12-13,33H2,1-2H3. The molecule has 2 atom stereocenters. The Morgan fingerprint density at radius 3 is 2.32 bits per heavy atom. The minimum absolute atomic E-state index is 0.0635. The zero-order chi connectivity index (χ0) is 29.1. The summed E-state index contributed by atoms with van der Waals surface area (Å²) < 4.78 is 61.8. The molecule has 41 heavy (non-hydrogen) atoms. The molecule has 0 spiro atoms. The van der Waals surface area contributed by atoms with Gasteiger partial charge in [-0.15, -0.1) is 0 Å². The minimum Gasteiger partial charge on any atom is -0.474 e. The first-order chi connectivity index (χ1) is 19.4. The predicted octanol–water partition coefficient (Wildman–Crippen LogP) is 4.23. The third-order valence-corrected chi connectivity index (χ3v) is 7.32. The summed E-state index contributed by atoms with van der Waals surface area (Å²) in [5, 5.41) is 3.57. The molecular formula is C28H25F4N7O2. The van der Waals surface area contributed by atoms with E-state index in [4.69, 9.17) is 10.5 Å². The molecule has 3 aromatic heterocycles. The average molecular weight is 568 g/mol. The topological polar surface area (TPSA) is 112 Å². The third kappa shape index (κ3) is 5.24. The molecule has 2 fully saturated rings. The predicted molar refractivity (Wildman–Crippen MR) is 138 cm³/mol. The summed E-state index contributed by atoms with van der Waals surface area (Å²) in [4.78, 5) is 27.0. The van der Waals surface area contributed by atoms with E-state index in [0.717, 1.165) is 16.4 Å². The van der Waals surface area contributed by atoms with Crippen LogP contribution in [0.4, 0.5) is 17.6 Å². The van der Waals surface area contributed by atoms with Gasteiger partial charge in [-0.25, -0.2) is 24.0 Å². The molecule has 1 aliphatic carbocycles. The number of hydrogen-bond acceptors (Lipinski definition) is 7. The average Bonchev–Trinajstić information content (AvgIpc) is 3.29. The summed E-state index contributed by atoms with van der Waals surface area (Å²) in [5.74, 6) is -1.01. The summed E-state index contributed by atoms with van der Waals surface area (Å²) >= 11 is 0. The van der Waals surface area contributed by atoms with E-state index in [0.29, 0.717) is 17.1 Å². The van der Waals surface area contributed by atoms with Crippen molar-refractivity contribution in [2.45, 2.75) is 31.7 Å². The molecule has 9 nitrogen and oxygen atoms in total. The van der Waals surface area contributed by atoms with Crippen molar-refractivity contribution in [2.24, 2.45) is 17.6 Å². The Labute approximate surface area is 232 Å². The molecular weight excluding hydrogens is 542 g/mol. The SMILES string of the molecule is CC(C)(N)c1cc(OC2C3CN(C(=O)c4cn(-c5ncccn5)nc4C(F)(F)F)CC32)nc(-c2ccc(F)cc2)c1. The van der Waals surface area contributed by atoms with Crippen LogP contribution in [0.5, 0.6) is 5.88 Å². The summed E-state index contributed by atoms with van der Waals surface area (Å²) in [6.07, 6.45) is -1.34. The van der Waals surface area contributed by atoms with Gasteiger partial charge in [0, 0.05) is 60.7 Å². The molecule has 13 heteroatoms. The van der Waals surface area contributed by atoms with Gasteiger partial charge < -0.3 is 15.4 Å². The van der Waals surface area contributed by atoms with Gasteiger partial charge >= 0.3 is 6.18 Å². The molecule has 1 aliphatic heterocycles. The highest BCUT2D eigenvalue weighted by molar-refractivity contribution is 5.95. The Hall–Kier alpha value is -4.39. The molecule has 2 N–H and O–H groups in total. The van der Waals surface area contributed by atoms with Crippen LogP contribution >= 0.6 is 0 Å². The van der Waals surface area contributed by atoms with E-state index in [-0.39, 0.29) is 42.8 Å². The van der Waals surface area contributed by atoms with Crippen molar-refractivity contribution in [2.75, 3.05) is 13.1 Å². The number of fused-ring (bicyclic) bond motifs is 1. The normalized spacial score (nSPS) is 20.2. The number of hydrogen-bond donors (Lipinski definition) is 1. The highest BCUT2D eigenvalue weighted by Crippen LogP contribution is 2.48. The van der Waals surface area contributed by atoms with Crippen LogP contribution in [0.2, 0.25) is 0 Å². The van der Waals surface area contributed by atoms with Crippen LogP contribution in [-0.2, 0) is 11.7 Å². The van der Waals surface area contributed by atoms with E-state index < -0.39 is 28.9 Å². The monoisotopic (exact) mass is 567 g/mol. The Morgan fingerprint density at radius 1 is 1.05 bits per heavy atom. The van der Waals surface area contributed by atoms with Crippen LogP contribution in [0.1, 0.15) is 35.5 Å². The van der Waals surface area contributed by atoms with Crippen molar-refractivity contribution in [1.82, 2.24) is 29.6 Å². The van der Waals surface area contributed by atoms with Gasteiger partial charge in [-0.1, -0.05) is 0 Å². The summed E-state index contributed by atoms with van der Waals surface area (Å²) in [6.45, 7) is 4.14. The first kappa shape index (κ1) is 26.8. The maximum Gasteiger partial charge on any atom is 0.435 e. The van der Waals surface area contributed by atoms with Crippen molar-refractivity contribution in [3.05, 3.63) is 83.7 Å². The number of halogens is 4. The van der Waals surface area contributed by atoms with Crippen LogP contribution in [0.3, 0.4) is 0 Å². The van der Waals surface area contributed by atoms with Gasteiger partial charge in [-0.3, -0.25) is 4.79 Å². The molecule has 1 saturated heterocycles. The lowest BCUT2D eigenvalue weighted by Gasteiger charge is -2.22. The van der Waals surface area contributed by atoms with Crippen molar-refractivity contribution >= 4 is 5.91 Å². The van der Waals surface area contributed by atoms with E-state index in [1.54, 1.807) is 18.2 Å². The van der Waals surface area contributed by atoms with Gasteiger partial charge in [0.25, 0.3) is 5.91 Å². The lowest BCUT2D eigenvalue weighted by atomic mass is 9.95. The van der Waals surface area contributed by atoms with Crippen LogP contribution < -0.4 is 10.5 Å². The first-order valence-corrected chi connectivity index (χ1v) is 12.9. The number of carbonyl (C=O) groups excluding carboxylic acids is 1. The second kappa shape index (κ2) is 9.61. The number of nitrogens with two attached hydrogens (primary N) is 1. The number of nitrogens with zero attached hydrogens (tertiary/aromatic N) is 6. The number of benzene rings is 1. The molecule has 0 bridgehead atoms. The first-order valence-electron chi connectivity index (χ1n) is 12.9. The number of alkyl halides is 3. The quantitative estimate of drug-likeness (QED) is 0.347. The molecule has 4 heterocycles. The van der Waals surface area contributed by atoms with E-state index in [2.05, 4.69) is 20.1 Å². The number of pyridine rings is 1. The molecule has 1 aromatic carbocycles. The largest absolute Gasteiger partial charge is 0.474 e. The van der Waals surface area contributed by atoms with E-state index >= 15 is 0 Å². The van der Waals surface area contributed by atoms with E-state index in [1.165, 1.54) is 35.5 Å². The Morgan fingerprint density at radius 2 is 1.71 bits per heavy atom. The number of piperidine rings is 1. The highest BCUT2D eigenvalue weighted by atomic mass is 19.4. The maximum atomic E-state index is 13.8. The molecule has 1 saturated carbocycles. The summed E-state index contributed by atoms with van der Waals surface area (Å²) in [5.41, 5.74) is 5.81. The molecule has 1 amide bonds. The number of likely N-dealkylation sites (tertiary alicyclic amines) is 1. The Balaban J connectivity index is 1.19. The van der Waals surface area contributed by atoms with Crippen LogP contribution in [0.15, 0.2) is 61.1 Å². The molecule has 212 valence electrons. The maximum absolute atomic E-state index is 13.8. The van der Waals surface area contributed by atoms with Gasteiger partial charge in [0.1, 0.15) is 11.9 Å². The smallest absolute Gasteiger partial charge is 0.435 e. The van der Waals surface area contributed by atoms with Crippen molar-refractivity contribution in [3.63, 3.8) is 0 Å². The van der Waals surface area contributed by atoms with Gasteiger partial charge in [-0.2, -0.15) is 18.3 Å². The Kier molecular flexibility index (Phi) is 6.29. The van der Waals surface area contributed by atoms with Crippen molar-refractivity contribution in [3.8, 4) is 23.1 Å². The summed E-state index contributed by atoms with van der Waals surface area (Å²) in [7, 11) is 0. The zero-order valence-corrected chi connectivity index (χ0v) is 22.0. The van der Waals surface area contributed by atoms with Gasteiger partial charge in [-0.05, 0) is 55.8 Å². The van der Waals surface area contributed by atoms with Crippen LogP contribution in [0, 0.1) is 17.7 Å². The lowest BCUT2D eigenvalue weighted by molar-refractivity contribution is -0.141. The molecule has 0 radical (unpaired) electrons. The van der Waals surface area contributed by atoms with Gasteiger partial charge in [0.05, 0.1) is 11.3 Å². The zero-order valence-electron chi connectivity index (χ0n) is 22.0. The van der Waals surface area contributed by atoms with Gasteiger partial charge in [0.2, 0.25) is 11.8 Å². The fourth-order valence-electron chi connectivity index (χ4n) is 5.08. The molecule has 4 aromatic rings. The minimum atomic E-state index is -4.84. The number of amides is 1. The second-order valence-corrected chi connectivity index (χ2v) is 10.8. The molecule has 6 rings (SSSR count). The van der Waals surface area contributed by atoms with Crippen molar-refractivity contribution in [1.29, 1.82) is 0 Å². The number of ether oxygens (including phenoxy) is 1. The van der Waals surface area contributed by atoms with Crippen LogP contribution in [-0.4, -0.2) is 54.7 Å². The number of rotatable bonds is 6. The van der Waals surface area contributed by atoms with Crippen molar-refractivity contribution < 1.29 is 27.1 Å². The molecule has 2 aliphatic rings. The number of aromatic nitrogens is 5. The van der Waals surface area contributed by atoms with E-state index in [9.17, 15) is 22.4 Å².